The Labute approximate surface area is 175 Å². The molecule has 0 radical (unpaired) electrons. The van der Waals surface area contributed by atoms with Gasteiger partial charge in [0, 0.05) is 5.92 Å². The Bertz CT molecular complexity index is 1040. The molecule has 0 saturated carbocycles. The molecule has 7 heteroatoms. The number of fused-ring (bicyclic) bond motifs is 3. The van der Waals surface area contributed by atoms with Crippen LogP contribution in [0.15, 0.2) is 71.3 Å². The summed E-state index contributed by atoms with van der Waals surface area (Å²) >= 11 is 3.20. The largest absolute Gasteiger partial charge is 0.479 e. The number of nitrogens with one attached hydrogen (secondary N) is 1. The number of nitrogens with zero attached hydrogens (tertiary/aromatic N) is 1. The molecule has 0 spiro atoms. The Balaban J connectivity index is 1.49. The first-order chi connectivity index (χ1) is 14.0. The van der Waals surface area contributed by atoms with E-state index in [0.29, 0.717) is 4.60 Å². The summed E-state index contributed by atoms with van der Waals surface area (Å²) in [6.45, 7) is 0.109. The van der Waals surface area contributed by atoms with Gasteiger partial charge in [0.05, 0.1) is 5.69 Å². The maximum atomic E-state index is 12.4. The van der Waals surface area contributed by atoms with Crippen LogP contribution in [0.4, 0.5) is 4.79 Å². The summed E-state index contributed by atoms with van der Waals surface area (Å²) in [5.41, 5.74) is 4.63. The summed E-state index contributed by atoms with van der Waals surface area (Å²) in [7, 11) is 0. The van der Waals surface area contributed by atoms with Crippen molar-refractivity contribution in [2.75, 3.05) is 6.61 Å². The summed E-state index contributed by atoms with van der Waals surface area (Å²) in [5.74, 6) is -1.32. The summed E-state index contributed by atoms with van der Waals surface area (Å²) in [6.07, 6.45) is -0.805. The van der Waals surface area contributed by atoms with Gasteiger partial charge < -0.3 is 15.2 Å². The van der Waals surface area contributed by atoms with E-state index in [0.717, 1.165) is 22.3 Å². The SMILES string of the molecule is O=C(NC(C(=O)O)c1cccc(Br)n1)OCC1c2ccccc2-c2ccccc21. The summed E-state index contributed by atoms with van der Waals surface area (Å²) < 4.78 is 5.90. The van der Waals surface area contributed by atoms with Gasteiger partial charge in [0.2, 0.25) is 0 Å². The van der Waals surface area contributed by atoms with Gasteiger partial charge in [0.1, 0.15) is 11.2 Å². The Hall–Kier alpha value is -3.19. The average molecular weight is 453 g/mol. The molecule has 29 heavy (non-hydrogen) atoms. The van der Waals surface area contributed by atoms with Crippen LogP contribution in [-0.2, 0) is 9.53 Å². The number of aliphatic carboxylic acids is 1. The average Bonchev–Trinajstić information content (AvgIpc) is 3.04. The molecular weight excluding hydrogens is 436 g/mol. The first-order valence-electron chi connectivity index (χ1n) is 9.01. The number of amides is 1. The highest BCUT2D eigenvalue weighted by Crippen LogP contribution is 2.44. The van der Waals surface area contributed by atoms with Crippen molar-refractivity contribution < 1.29 is 19.4 Å². The fourth-order valence-corrected chi connectivity index (χ4v) is 3.96. The Kier molecular flexibility index (Phi) is 5.31. The Morgan fingerprint density at radius 1 is 1.00 bits per heavy atom. The molecule has 1 aromatic heterocycles. The summed E-state index contributed by atoms with van der Waals surface area (Å²) in [6, 6.07) is 19.6. The topological polar surface area (TPSA) is 88.5 Å². The molecule has 146 valence electrons. The summed E-state index contributed by atoms with van der Waals surface area (Å²) in [5, 5.41) is 11.9. The third-order valence-electron chi connectivity index (χ3n) is 4.89. The van der Waals surface area contributed by atoms with E-state index in [-0.39, 0.29) is 18.2 Å². The molecule has 1 aliphatic carbocycles. The van der Waals surface area contributed by atoms with E-state index in [1.54, 1.807) is 12.1 Å². The van der Waals surface area contributed by atoms with Crippen LogP contribution < -0.4 is 5.32 Å². The molecule has 0 bridgehead atoms. The number of aromatic nitrogens is 1. The van der Waals surface area contributed by atoms with Gasteiger partial charge in [-0.15, -0.1) is 0 Å². The summed E-state index contributed by atoms with van der Waals surface area (Å²) in [4.78, 5) is 28.1. The second-order valence-electron chi connectivity index (χ2n) is 6.63. The third kappa shape index (κ3) is 3.86. The molecule has 0 fully saturated rings. The van der Waals surface area contributed by atoms with E-state index in [1.165, 1.54) is 6.07 Å². The van der Waals surface area contributed by atoms with Crippen LogP contribution in [0.5, 0.6) is 0 Å². The smallest absolute Gasteiger partial charge is 0.408 e. The molecule has 0 saturated heterocycles. The maximum absolute atomic E-state index is 12.4. The van der Waals surface area contributed by atoms with Gasteiger partial charge in [-0.2, -0.15) is 0 Å². The van der Waals surface area contributed by atoms with Gasteiger partial charge in [-0.1, -0.05) is 54.6 Å². The molecule has 1 heterocycles. The van der Waals surface area contributed by atoms with Gasteiger partial charge in [0.25, 0.3) is 0 Å². The molecule has 3 aromatic rings. The van der Waals surface area contributed by atoms with E-state index in [1.807, 2.05) is 48.5 Å². The van der Waals surface area contributed by atoms with Crippen molar-refractivity contribution in [3.63, 3.8) is 0 Å². The number of ether oxygens (including phenoxy) is 1. The predicted molar refractivity (Wildman–Crippen MR) is 111 cm³/mol. The molecule has 1 aliphatic rings. The van der Waals surface area contributed by atoms with Crippen molar-refractivity contribution in [3.8, 4) is 11.1 Å². The van der Waals surface area contributed by atoms with Crippen LogP contribution >= 0.6 is 15.9 Å². The first-order valence-corrected chi connectivity index (χ1v) is 9.80. The molecule has 2 aromatic carbocycles. The highest BCUT2D eigenvalue weighted by Gasteiger charge is 2.30. The lowest BCUT2D eigenvalue weighted by Gasteiger charge is -2.17. The zero-order valence-electron chi connectivity index (χ0n) is 15.2. The number of benzene rings is 2. The maximum Gasteiger partial charge on any atom is 0.408 e. The van der Waals surface area contributed by atoms with Crippen molar-refractivity contribution in [2.45, 2.75) is 12.0 Å². The lowest BCUT2D eigenvalue weighted by Crippen LogP contribution is -2.35. The lowest BCUT2D eigenvalue weighted by molar-refractivity contribution is -0.139. The zero-order valence-corrected chi connectivity index (χ0v) is 16.8. The number of pyridine rings is 1. The van der Waals surface area contributed by atoms with E-state index in [2.05, 4.69) is 26.2 Å². The second kappa shape index (κ2) is 8.05. The molecule has 1 unspecified atom stereocenters. The lowest BCUT2D eigenvalue weighted by atomic mass is 9.98. The van der Waals surface area contributed by atoms with Gasteiger partial charge in [-0.05, 0) is 50.3 Å². The number of carbonyl (C=O) groups is 2. The number of carboxylic acid groups (broad SMARTS) is 1. The van der Waals surface area contributed by atoms with E-state index in [4.69, 9.17) is 4.74 Å². The Morgan fingerprint density at radius 3 is 2.21 bits per heavy atom. The quantitative estimate of drug-likeness (QED) is 0.555. The van der Waals surface area contributed by atoms with Crippen LogP contribution in [0.1, 0.15) is 28.8 Å². The molecule has 1 amide bonds. The van der Waals surface area contributed by atoms with Crippen LogP contribution in [0.25, 0.3) is 11.1 Å². The minimum absolute atomic E-state index is 0.0968. The van der Waals surface area contributed by atoms with Crippen molar-refractivity contribution in [2.24, 2.45) is 0 Å². The molecule has 2 N–H and O–H groups in total. The zero-order chi connectivity index (χ0) is 20.4. The van der Waals surface area contributed by atoms with E-state index in [9.17, 15) is 14.7 Å². The molecule has 6 nitrogen and oxygen atoms in total. The minimum Gasteiger partial charge on any atom is -0.479 e. The van der Waals surface area contributed by atoms with Gasteiger partial charge in [-0.25, -0.2) is 14.6 Å². The van der Waals surface area contributed by atoms with Crippen LogP contribution in [0, 0.1) is 0 Å². The fourth-order valence-electron chi connectivity index (χ4n) is 3.60. The fraction of sp³-hybridized carbons (Fsp3) is 0.136. The first kappa shape index (κ1) is 19.1. The van der Waals surface area contributed by atoms with Crippen LogP contribution in [0.2, 0.25) is 0 Å². The highest BCUT2D eigenvalue weighted by atomic mass is 79.9. The second-order valence-corrected chi connectivity index (χ2v) is 7.44. The number of halogens is 1. The molecule has 1 atom stereocenters. The monoisotopic (exact) mass is 452 g/mol. The number of carboxylic acids is 1. The number of alkyl carbamates (subject to hydrolysis) is 1. The highest BCUT2D eigenvalue weighted by molar-refractivity contribution is 9.10. The van der Waals surface area contributed by atoms with Crippen LogP contribution in [-0.4, -0.2) is 28.8 Å². The van der Waals surface area contributed by atoms with Gasteiger partial charge >= 0.3 is 12.1 Å². The molecule has 4 rings (SSSR count). The molecular formula is C22H17BrN2O4. The molecule has 0 aliphatic heterocycles. The number of rotatable bonds is 5. The Morgan fingerprint density at radius 2 is 1.62 bits per heavy atom. The third-order valence-corrected chi connectivity index (χ3v) is 5.33. The van der Waals surface area contributed by atoms with Crippen molar-refractivity contribution in [1.82, 2.24) is 10.3 Å². The predicted octanol–water partition coefficient (Wildman–Crippen LogP) is 4.51. The van der Waals surface area contributed by atoms with E-state index < -0.39 is 18.1 Å². The van der Waals surface area contributed by atoms with Crippen molar-refractivity contribution >= 4 is 28.0 Å². The normalized spacial score (nSPS) is 13.3. The number of hydrogen-bond donors (Lipinski definition) is 2. The van der Waals surface area contributed by atoms with Crippen LogP contribution in [0.3, 0.4) is 0 Å². The number of carbonyl (C=O) groups excluding carboxylic acids is 1. The van der Waals surface area contributed by atoms with Gasteiger partial charge in [0.15, 0.2) is 6.04 Å². The van der Waals surface area contributed by atoms with Crippen molar-refractivity contribution in [1.29, 1.82) is 0 Å². The van der Waals surface area contributed by atoms with Crippen molar-refractivity contribution in [3.05, 3.63) is 88.2 Å². The number of hydrogen-bond acceptors (Lipinski definition) is 4. The van der Waals surface area contributed by atoms with Gasteiger partial charge in [-0.3, -0.25) is 0 Å². The van der Waals surface area contributed by atoms with E-state index >= 15 is 0 Å². The minimum atomic E-state index is -1.30. The standard InChI is InChI=1S/C22H17BrN2O4/c23-19-11-5-10-18(24-19)20(21(26)27)25-22(28)29-12-17-15-8-3-1-6-13(15)14-7-2-4-9-16(14)17/h1-11,17,20H,12H2,(H,25,28)(H,26,27).